The smallest absolute Gasteiger partial charge is 0.315 e. The fourth-order valence-corrected chi connectivity index (χ4v) is 3.57. The van der Waals surface area contributed by atoms with Crippen molar-refractivity contribution in [2.24, 2.45) is 11.8 Å². The van der Waals surface area contributed by atoms with Crippen LogP contribution in [0.3, 0.4) is 0 Å². The molecule has 6 nitrogen and oxygen atoms in total. The number of hydrogen-bond acceptors (Lipinski definition) is 3. The topological polar surface area (TPSA) is 71.8 Å². The van der Waals surface area contributed by atoms with Crippen molar-refractivity contribution in [2.75, 3.05) is 0 Å². The van der Waals surface area contributed by atoms with Crippen LogP contribution in [-0.2, 0) is 13.0 Å². The number of aryl methyl sites for hydroxylation is 2. The molecule has 1 aromatic rings. The van der Waals surface area contributed by atoms with Crippen molar-refractivity contribution in [1.82, 2.24) is 25.4 Å². The van der Waals surface area contributed by atoms with E-state index in [9.17, 15) is 4.79 Å². The standard InChI is InChI=1S/C16H25N5O/c1-2-13-18-15-12(4-3-9-21(15)20-13)17-16(22)19-14(10-5-6-10)11-7-8-11/h10-12,14H,2-9H2,1H3,(H2,17,19,22)/t12-/m0/s1. The van der Waals surface area contributed by atoms with Gasteiger partial charge in [0.15, 0.2) is 5.82 Å². The molecular weight excluding hydrogens is 278 g/mol. The minimum atomic E-state index is -0.0247. The first-order chi connectivity index (χ1) is 10.7. The van der Waals surface area contributed by atoms with Gasteiger partial charge in [0.05, 0.1) is 6.04 Å². The van der Waals surface area contributed by atoms with Gasteiger partial charge < -0.3 is 10.6 Å². The molecule has 1 aliphatic heterocycles. The SMILES string of the molecule is CCc1nc2n(n1)CCC[C@@H]2NC(=O)NC(C1CC1)C1CC1. The van der Waals surface area contributed by atoms with Crippen LogP contribution in [-0.4, -0.2) is 26.8 Å². The number of carbonyl (C=O) groups excluding carboxylic acids is 1. The van der Waals surface area contributed by atoms with Gasteiger partial charge in [0.2, 0.25) is 0 Å². The molecule has 4 rings (SSSR count). The summed E-state index contributed by atoms with van der Waals surface area (Å²) in [5.74, 6) is 3.24. The van der Waals surface area contributed by atoms with Crippen LogP contribution in [0, 0.1) is 11.8 Å². The molecule has 2 aliphatic carbocycles. The minimum Gasteiger partial charge on any atom is -0.335 e. The molecule has 0 aromatic carbocycles. The summed E-state index contributed by atoms with van der Waals surface area (Å²) in [5, 5.41) is 10.9. The van der Waals surface area contributed by atoms with Gasteiger partial charge in [-0.25, -0.2) is 14.5 Å². The molecule has 1 atom stereocenters. The molecule has 22 heavy (non-hydrogen) atoms. The Balaban J connectivity index is 1.40. The number of aromatic nitrogens is 3. The van der Waals surface area contributed by atoms with Crippen molar-refractivity contribution in [3.8, 4) is 0 Å². The number of hydrogen-bond donors (Lipinski definition) is 2. The molecule has 1 aromatic heterocycles. The third-order valence-electron chi connectivity index (χ3n) is 5.10. The van der Waals surface area contributed by atoms with Gasteiger partial charge >= 0.3 is 6.03 Å². The van der Waals surface area contributed by atoms with Crippen LogP contribution in [0.5, 0.6) is 0 Å². The predicted molar refractivity (Wildman–Crippen MR) is 82.3 cm³/mol. The first-order valence-corrected chi connectivity index (χ1v) is 8.75. The third-order valence-corrected chi connectivity index (χ3v) is 5.10. The summed E-state index contributed by atoms with van der Waals surface area (Å²) in [6.07, 6.45) is 7.94. The molecule has 2 heterocycles. The average Bonchev–Trinajstić information content (AvgIpc) is 3.42. The molecule has 0 radical (unpaired) electrons. The Morgan fingerprint density at radius 2 is 2.00 bits per heavy atom. The Morgan fingerprint density at radius 1 is 1.27 bits per heavy atom. The van der Waals surface area contributed by atoms with Crippen molar-refractivity contribution in [2.45, 2.75) is 70.5 Å². The Hall–Kier alpha value is -1.59. The van der Waals surface area contributed by atoms with Crippen molar-refractivity contribution >= 4 is 6.03 Å². The number of nitrogens with zero attached hydrogens (tertiary/aromatic N) is 3. The second kappa shape index (κ2) is 5.56. The molecule has 0 saturated heterocycles. The lowest BCUT2D eigenvalue weighted by atomic mass is 10.1. The van der Waals surface area contributed by atoms with Gasteiger partial charge in [0.25, 0.3) is 0 Å². The van der Waals surface area contributed by atoms with Gasteiger partial charge in [-0.15, -0.1) is 0 Å². The number of rotatable bonds is 5. The van der Waals surface area contributed by atoms with Crippen molar-refractivity contribution in [3.05, 3.63) is 11.6 Å². The summed E-state index contributed by atoms with van der Waals surface area (Å²) in [7, 11) is 0. The van der Waals surface area contributed by atoms with E-state index in [1.54, 1.807) is 0 Å². The van der Waals surface area contributed by atoms with Crippen LogP contribution in [0.2, 0.25) is 0 Å². The van der Waals surface area contributed by atoms with E-state index in [0.717, 1.165) is 49.3 Å². The molecule has 2 N–H and O–H groups in total. The lowest BCUT2D eigenvalue weighted by Gasteiger charge is -2.25. The lowest BCUT2D eigenvalue weighted by Crippen LogP contribution is -2.46. The molecule has 0 unspecified atom stereocenters. The van der Waals surface area contributed by atoms with Gasteiger partial charge in [-0.3, -0.25) is 0 Å². The number of amides is 2. The van der Waals surface area contributed by atoms with Crippen LogP contribution >= 0.6 is 0 Å². The van der Waals surface area contributed by atoms with Crippen LogP contribution in [0.1, 0.15) is 63.1 Å². The Morgan fingerprint density at radius 3 is 2.64 bits per heavy atom. The van der Waals surface area contributed by atoms with Gasteiger partial charge in [0.1, 0.15) is 5.82 Å². The van der Waals surface area contributed by atoms with Crippen molar-refractivity contribution in [1.29, 1.82) is 0 Å². The number of carbonyl (C=O) groups is 1. The van der Waals surface area contributed by atoms with E-state index >= 15 is 0 Å². The van der Waals surface area contributed by atoms with E-state index in [1.165, 1.54) is 25.7 Å². The monoisotopic (exact) mass is 303 g/mol. The largest absolute Gasteiger partial charge is 0.335 e. The molecule has 2 fully saturated rings. The van der Waals surface area contributed by atoms with E-state index in [1.807, 2.05) is 4.68 Å². The summed E-state index contributed by atoms with van der Waals surface area (Å²) in [5.41, 5.74) is 0. The van der Waals surface area contributed by atoms with E-state index in [2.05, 4.69) is 27.6 Å². The highest BCUT2D eigenvalue weighted by atomic mass is 16.2. The number of fused-ring (bicyclic) bond motifs is 1. The fourth-order valence-electron chi connectivity index (χ4n) is 3.57. The van der Waals surface area contributed by atoms with Gasteiger partial charge in [-0.2, -0.15) is 5.10 Å². The Labute approximate surface area is 131 Å². The normalized spacial score (nSPS) is 24.2. The maximum Gasteiger partial charge on any atom is 0.315 e. The maximum atomic E-state index is 12.4. The maximum absolute atomic E-state index is 12.4. The molecule has 2 amide bonds. The van der Waals surface area contributed by atoms with Crippen LogP contribution in [0.4, 0.5) is 4.79 Å². The summed E-state index contributed by atoms with van der Waals surface area (Å²) in [4.78, 5) is 17.0. The zero-order chi connectivity index (χ0) is 15.1. The van der Waals surface area contributed by atoms with Gasteiger partial charge in [0, 0.05) is 19.0 Å². The van der Waals surface area contributed by atoms with Crippen LogP contribution < -0.4 is 10.6 Å². The van der Waals surface area contributed by atoms with Gasteiger partial charge in [-0.1, -0.05) is 6.92 Å². The third kappa shape index (κ3) is 2.83. The summed E-state index contributed by atoms with van der Waals surface area (Å²) in [6.45, 7) is 2.97. The second-order valence-corrected chi connectivity index (χ2v) is 6.98. The molecule has 0 bridgehead atoms. The van der Waals surface area contributed by atoms with Crippen LogP contribution in [0.15, 0.2) is 0 Å². The quantitative estimate of drug-likeness (QED) is 0.875. The first-order valence-electron chi connectivity index (χ1n) is 8.75. The van der Waals surface area contributed by atoms with Gasteiger partial charge in [-0.05, 0) is 50.4 Å². The number of urea groups is 1. The average molecular weight is 303 g/mol. The molecule has 2 saturated carbocycles. The highest BCUT2D eigenvalue weighted by Gasteiger charge is 2.42. The second-order valence-electron chi connectivity index (χ2n) is 6.98. The highest BCUT2D eigenvalue weighted by molar-refractivity contribution is 5.74. The van der Waals surface area contributed by atoms with E-state index in [0.29, 0.717) is 6.04 Å². The molecule has 3 aliphatic rings. The first kappa shape index (κ1) is 14.0. The Bertz CT molecular complexity index is 549. The van der Waals surface area contributed by atoms with Crippen LogP contribution in [0.25, 0.3) is 0 Å². The Kier molecular flexibility index (Phi) is 3.54. The summed E-state index contributed by atoms with van der Waals surface area (Å²) < 4.78 is 1.96. The van der Waals surface area contributed by atoms with E-state index in [-0.39, 0.29) is 12.1 Å². The van der Waals surface area contributed by atoms with Crippen molar-refractivity contribution in [3.63, 3.8) is 0 Å². The highest BCUT2D eigenvalue weighted by Crippen LogP contribution is 2.44. The summed E-state index contributed by atoms with van der Waals surface area (Å²) >= 11 is 0. The van der Waals surface area contributed by atoms with E-state index < -0.39 is 0 Å². The van der Waals surface area contributed by atoms with E-state index in [4.69, 9.17) is 0 Å². The minimum absolute atomic E-state index is 0.000561. The fraction of sp³-hybridized carbons (Fsp3) is 0.812. The molecule has 120 valence electrons. The number of nitrogens with one attached hydrogen (secondary N) is 2. The molecule has 6 heteroatoms. The predicted octanol–water partition coefficient (Wildman–Crippen LogP) is 2.16. The van der Waals surface area contributed by atoms with Crippen molar-refractivity contribution < 1.29 is 4.79 Å². The molecular formula is C16H25N5O. The molecule has 0 spiro atoms. The lowest BCUT2D eigenvalue weighted by molar-refractivity contribution is 0.225. The zero-order valence-electron chi connectivity index (χ0n) is 13.2. The summed E-state index contributed by atoms with van der Waals surface area (Å²) in [6, 6.07) is 0.372. The zero-order valence-corrected chi connectivity index (χ0v) is 13.2.